The second-order valence-electron chi connectivity index (χ2n) is 7.09. The largest absolute Gasteiger partial charge is 0.448 e. The van der Waals surface area contributed by atoms with Crippen LogP contribution in [0.5, 0.6) is 0 Å². The number of halogens is 4. The average Bonchev–Trinajstić information content (AvgIpc) is 3.33. The fourth-order valence-corrected chi connectivity index (χ4v) is 4.82. The van der Waals surface area contributed by atoms with Crippen molar-refractivity contribution in [3.05, 3.63) is 73.1 Å². The van der Waals surface area contributed by atoms with Crippen LogP contribution < -0.4 is 5.32 Å². The molecule has 2 aromatic heterocycles. The number of carbonyl (C=O) groups excluding carboxylic acids is 2. The van der Waals surface area contributed by atoms with Crippen LogP contribution in [0.25, 0.3) is 15.9 Å². The van der Waals surface area contributed by atoms with Gasteiger partial charge in [-0.25, -0.2) is 9.48 Å². The van der Waals surface area contributed by atoms with E-state index in [4.69, 9.17) is 51.1 Å². The van der Waals surface area contributed by atoms with Crippen LogP contribution in [-0.4, -0.2) is 27.8 Å². The van der Waals surface area contributed by atoms with Crippen molar-refractivity contribution in [1.82, 2.24) is 9.78 Å². The second kappa shape index (κ2) is 9.52. The topological polar surface area (TPSA) is 73.2 Å². The Morgan fingerprint density at radius 1 is 1.03 bits per heavy atom. The van der Waals surface area contributed by atoms with Crippen LogP contribution in [0.15, 0.2) is 42.5 Å². The van der Waals surface area contributed by atoms with E-state index in [0.717, 1.165) is 21.6 Å². The SMILES string of the molecule is Cc1nn(-c2ccc(Cl)cc2)c2sc(C(=O)OC(C)C(=O)Nc3cc(Cl)c(Cl)cc3Cl)cc12. The minimum Gasteiger partial charge on any atom is -0.448 e. The zero-order chi connectivity index (χ0) is 23.9. The molecule has 0 aliphatic rings. The van der Waals surface area contributed by atoms with Crippen LogP contribution in [0.3, 0.4) is 0 Å². The number of aromatic nitrogens is 2. The zero-order valence-corrected chi connectivity index (χ0v) is 21.0. The third-order valence-corrected chi connectivity index (χ3v) is 7.12. The summed E-state index contributed by atoms with van der Waals surface area (Å²) in [6.45, 7) is 3.32. The lowest BCUT2D eigenvalue weighted by molar-refractivity contribution is -0.123. The summed E-state index contributed by atoms with van der Waals surface area (Å²) >= 11 is 25.2. The van der Waals surface area contributed by atoms with Crippen molar-refractivity contribution in [2.75, 3.05) is 5.32 Å². The van der Waals surface area contributed by atoms with Crippen LogP contribution in [-0.2, 0) is 9.53 Å². The lowest BCUT2D eigenvalue weighted by Crippen LogP contribution is -2.29. The molecule has 0 saturated carbocycles. The van der Waals surface area contributed by atoms with Gasteiger partial charge in [-0.15, -0.1) is 11.3 Å². The third kappa shape index (κ3) is 4.98. The van der Waals surface area contributed by atoms with Gasteiger partial charge in [-0.1, -0.05) is 46.4 Å². The molecule has 4 rings (SSSR count). The van der Waals surface area contributed by atoms with E-state index < -0.39 is 18.0 Å². The molecular weight excluding hydrogens is 528 g/mol. The van der Waals surface area contributed by atoms with Crippen molar-refractivity contribution in [2.45, 2.75) is 20.0 Å². The Kier molecular flexibility index (Phi) is 6.88. The first-order chi connectivity index (χ1) is 15.6. The monoisotopic (exact) mass is 541 g/mol. The van der Waals surface area contributed by atoms with Gasteiger partial charge in [-0.05, 0) is 56.3 Å². The molecular formula is C22H15Cl4N3O3S. The Labute approximate surface area is 212 Å². The number of rotatable bonds is 5. The van der Waals surface area contributed by atoms with Crippen LogP contribution >= 0.6 is 57.7 Å². The van der Waals surface area contributed by atoms with Gasteiger partial charge >= 0.3 is 5.97 Å². The predicted octanol–water partition coefficient (Wildman–Crippen LogP) is 7.19. The highest BCUT2D eigenvalue weighted by molar-refractivity contribution is 7.20. The van der Waals surface area contributed by atoms with E-state index in [-0.39, 0.29) is 20.8 Å². The van der Waals surface area contributed by atoms with Crippen molar-refractivity contribution in [3.63, 3.8) is 0 Å². The van der Waals surface area contributed by atoms with Crippen molar-refractivity contribution >= 4 is 85.5 Å². The molecule has 2 heterocycles. The summed E-state index contributed by atoms with van der Waals surface area (Å²) in [7, 11) is 0. The van der Waals surface area contributed by atoms with Crippen LogP contribution in [0.4, 0.5) is 5.69 Å². The Morgan fingerprint density at radius 2 is 1.70 bits per heavy atom. The summed E-state index contributed by atoms with van der Waals surface area (Å²) in [4.78, 5) is 26.4. The number of hydrogen-bond acceptors (Lipinski definition) is 5. The Hall–Kier alpha value is -2.29. The molecule has 11 heteroatoms. The number of carbonyl (C=O) groups is 2. The van der Waals surface area contributed by atoms with Gasteiger partial charge in [0.05, 0.1) is 32.1 Å². The Balaban J connectivity index is 1.52. The van der Waals surface area contributed by atoms with E-state index in [9.17, 15) is 9.59 Å². The minimum atomic E-state index is -1.08. The second-order valence-corrected chi connectivity index (χ2v) is 9.77. The zero-order valence-electron chi connectivity index (χ0n) is 17.2. The lowest BCUT2D eigenvalue weighted by Gasteiger charge is -2.14. The highest BCUT2D eigenvalue weighted by Crippen LogP contribution is 2.33. The number of hydrogen-bond donors (Lipinski definition) is 1. The highest BCUT2D eigenvalue weighted by Gasteiger charge is 2.23. The molecule has 2 aromatic carbocycles. The van der Waals surface area contributed by atoms with Gasteiger partial charge in [0.25, 0.3) is 5.91 Å². The van der Waals surface area contributed by atoms with Crippen LogP contribution in [0.2, 0.25) is 20.1 Å². The third-order valence-electron chi connectivity index (χ3n) is 4.74. The number of esters is 1. The molecule has 170 valence electrons. The van der Waals surface area contributed by atoms with E-state index in [1.165, 1.54) is 30.4 Å². The van der Waals surface area contributed by atoms with E-state index in [0.29, 0.717) is 9.90 Å². The van der Waals surface area contributed by atoms with Gasteiger partial charge in [-0.3, -0.25) is 4.79 Å². The summed E-state index contributed by atoms with van der Waals surface area (Å²) in [5.74, 6) is -1.19. The van der Waals surface area contributed by atoms with Crippen LogP contribution in [0, 0.1) is 6.92 Å². The quantitative estimate of drug-likeness (QED) is 0.214. The number of ether oxygens (including phenoxy) is 1. The smallest absolute Gasteiger partial charge is 0.349 e. The maximum absolute atomic E-state index is 12.7. The molecule has 1 atom stereocenters. The molecule has 0 aliphatic heterocycles. The molecule has 6 nitrogen and oxygen atoms in total. The molecule has 0 fully saturated rings. The Morgan fingerprint density at radius 3 is 2.39 bits per heavy atom. The normalized spacial score (nSPS) is 12.1. The number of nitrogens with one attached hydrogen (secondary N) is 1. The lowest BCUT2D eigenvalue weighted by atomic mass is 10.3. The summed E-state index contributed by atoms with van der Waals surface area (Å²) in [5.41, 5.74) is 1.83. The number of amides is 1. The number of fused-ring (bicyclic) bond motifs is 1. The maximum Gasteiger partial charge on any atom is 0.349 e. The number of anilines is 1. The molecule has 1 N–H and O–H groups in total. The molecule has 0 spiro atoms. The van der Waals surface area contributed by atoms with Crippen LogP contribution in [0.1, 0.15) is 22.3 Å². The van der Waals surface area contributed by atoms with E-state index in [2.05, 4.69) is 10.4 Å². The molecule has 0 bridgehead atoms. The van der Waals surface area contributed by atoms with Gasteiger partial charge in [0.2, 0.25) is 0 Å². The first-order valence-electron chi connectivity index (χ1n) is 9.55. The summed E-state index contributed by atoms with van der Waals surface area (Å²) in [6.07, 6.45) is -1.08. The van der Waals surface area contributed by atoms with Crippen molar-refractivity contribution in [3.8, 4) is 5.69 Å². The fraction of sp³-hybridized carbons (Fsp3) is 0.136. The summed E-state index contributed by atoms with van der Waals surface area (Å²) in [6, 6.07) is 11.8. The van der Waals surface area contributed by atoms with Crippen molar-refractivity contribution < 1.29 is 14.3 Å². The van der Waals surface area contributed by atoms with Gasteiger partial charge in [0, 0.05) is 10.4 Å². The van der Waals surface area contributed by atoms with E-state index in [1.807, 2.05) is 19.1 Å². The van der Waals surface area contributed by atoms with Gasteiger partial charge < -0.3 is 10.1 Å². The van der Waals surface area contributed by atoms with E-state index >= 15 is 0 Å². The maximum atomic E-state index is 12.7. The van der Waals surface area contributed by atoms with Crippen molar-refractivity contribution in [1.29, 1.82) is 0 Å². The number of aryl methyl sites for hydroxylation is 1. The Bertz CT molecular complexity index is 1380. The van der Waals surface area contributed by atoms with Gasteiger partial charge in [0.15, 0.2) is 6.10 Å². The molecule has 0 aliphatic carbocycles. The molecule has 1 amide bonds. The number of nitrogens with zero attached hydrogens (tertiary/aromatic N) is 2. The van der Waals surface area contributed by atoms with Gasteiger partial charge in [-0.2, -0.15) is 5.10 Å². The molecule has 0 saturated heterocycles. The number of thiophene rings is 1. The van der Waals surface area contributed by atoms with E-state index in [1.54, 1.807) is 22.9 Å². The molecule has 1 unspecified atom stereocenters. The molecule has 4 aromatic rings. The first-order valence-corrected chi connectivity index (χ1v) is 11.9. The van der Waals surface area contributed by atoms with Crippen molar-refractivity contribution in [2.24, 2.45) is 0 Å². The predicted molar refractivity (Wildman–Crippen MR) is 134 cm³/mol. The van der Waals surface area contributed by atoms with Gasteiger partial charge in [0.1, 0.15) is 9.71 Å². The average molecular weight is 543 g/mol. The summed E-state index contributed by atoms with van der Waals surface area (Å²) in [5, 5.41) is 9.27. The standard InChI is InChI=1S/C22H15Cl4N3O3S/c1-10-14-7-19(33-21(14)29(28-10)13-5-3-12(23)4-6-13)22(31)32-11(2)20(30)27-18-9-16(25)15(24)8-17(18)26/h3-9,11H,1-2H3,(H,27,30). The molecule has 0 radical (unpaired) electrons. The first kappa shape index (κ1) is 23.9. The summed E-state index contributed by atoms with van der Waals surface area (Å²) < 4.78 is 7.12. The minimum absolute atomic E-state index is 0.211. The molecule has 33 heavy (non-hydrogen) atoms. The number of benzene rings is 2. The fourth-order valence-electron chi connectivity index (χ4n) is 3.03. The highest BCUT2D eigenvalue weighted by atomic mass is 35.5.